The lowest BCUT2D eigenvalue weighted by atomic mass is 10.0. The largest absolute Gasteiger partial charge is 0.477 e. The van der Waals surface area contributed by atoms with Crippen LogP contribution >= 0.6 is 0 Å². The smallest absolute Gasteiger partial charge is 0.341 e. The number of fused-ring (bicyclic) bond motifs is 1. The molecule has 1 aromatic heterocycles. The second-order valence-corrected chi connectivity index (χ2v) is 6.38. The van der Waals surface area contributed by atoms with Gasteiger partial charge in [-0.05, 0) is 14.0 Å². The SMILES string of the molecule is C=Cn1cc(C(=O)O)c(=O)c2c(C)c(F)c(N3CCN(C)CC3)c(F)c21. The van der Waals surface area contributed by atoms with Gasteiger partial charge in [-0.3, -0.25) is 4.79 Å². The summed E-state index contributed by atoms with van der Waals surface area (Å²) in [5.41, 5.74) is -1.90. The first-order valence-electron chi connectivity index (χ1n) is 8.13. The minimum atomic E-state index is -1.46. The number of piperazine rings is 1. The minimum absolute atomic E-state index is 0.0703. The molecule has 1 N–H and O–H groups in total. The number of aromatic nitrogens is 1. The Kier molecular flexibility index (Phi) is 4.53. The van der Waals surface area contributed by atoms with Crippen molar-refractivity contribution in [2.24, 2.45) is 0 Å². The Balaban J connectivity index is 2.38. The number of likely N-dealkylation sites (N-methyl/N-ethyl adjacent to an activating group) is 1. The van der Waals surface area contributed by atoms with Crippen LogP contribution in [-0.2, 0) is 0 Å². The first-order valence-corrected chi connectivity index (χ1v) is 8.13. The van der Waals surface area contributed by atoms with Gasteiger partial charge in [0.2, 0.25) is 5.43 Å². The molecule has 0 atom stereocenters. The summed E-state index contributed by atoms with van der Waals surface area (Å²) in [7, 11) is 1.93. The Morgan fingerprint density at radius 2 is 1.85 bits per heavy atom. The molecule has 1 fully saturated rings. The number of anilines is 1. The third kappa shape index (κ3) is 2.66. The number of rotatable bonds is 3. The number of carbonyl (C=O) groups is 1. The van der Waals surface area contributed by atoms with Crippen molar-refractivity contribution in [3.05, 3.63) is 45.8 Å². The lowest BCUT2D eigenvalue weighted by Crippen LogP contribution is -2.45. The summed E-state index contributed by atoms with van der Waals surface area (Å²) in [5.74, 6) is -3.19. The van der Waals surface area contributed by atoms with E-state index in [2.05, 4.69) is 11.5 Å². The monoisotopic (exact) mass is 363 g/mol. The van der Waals surface area contributed by atoms with Gasteiger partial charge in [0, 0.05) is 44.1 Å². The maximum atomic E-state index is 15.3. The first kappa shape index (κ1) is 18.1. The highest BCUT2D eigenvalue weighted by Crippen LogP contribution is 2.33. The van der Waals surface area contributed by atoms with E-state index < -0.39 is 28.6 Å². The zero-order valence-electron chi connectivity index (χ0n) is 14.6. The molecule has 8 heteroatoms. The van der Waals surface area contributed by atoms with E-state index in [-0.39, 0.29) is 22.2 Å². The lowest BCUT2D eigenvalue weighted by molar-refractivity contribution is 0.0695. The quantitative estimate of drug-likeness (QED) is 0.905. The highest BCUT2D eigenvalue weighted by atomic mass is 19.1. The molecule has 0 aliphatic carbocycles. The van der Waals surface area contributed by atoms with Gasteiger partial charge in [-0.2, -0.15) is 0 Å². The van der Waals surface area contributed by atoms with Crippen LogP contribution in [0.2, 0.25) is 0 Å². The number of carboxylic acid groups (broad SMARTS) is 1. The molecule has 1 saturated heterocycles. The number of nitrogens with zero attached hydrogens (tertiary/aromatic N) is 3. The fraction of sp³-hybridized carbons (Fsp3) is 0.333. The Hall–Kier alpha value is -2.74. The standard InChI is InChI=1S/C18H19F2N3O3/c1-4-22-9-11(18(25)26)17(24)12-10(2)13(19)16(14(20)15(12)22)23-7-5-21(3)6-8-23/h4,9H,1,5-8H2,2-3H3,(H,25,26). The predicted molar refractivity (Wildman–Crippen MR) is 95.9 cm³/mol. The fourth-order valence-corrected chi connectivity index (χ4v) is 3.30. The average molecular weight is 363 g/mol. The van der Waals surface area contributed by atoms with Crippen molar-refractivity contribution >= 4 is 28.8 Å². The van der Waals surface area contributed by atoms with Gasteiger partial charge in [-0.15, -0.1) is 0 Å². The number of benzene rings is 1. The van der Waals surface area contributed by atoms with E-state index in [1.165, 1.54) is 13.1 Å². The van der Waals surface area contributed by atoms with Crippen molar-refractivity contribution in [1.29, 1.82) is 0 Å². The van der Waals surface area contributed by atoms with Crippen LogP contribution in [0, 0.1) is 18.6 Å². The molecule has 138 valence electrons. The lowest BCUT2D eigenvalue weighted by Gasteiger charge is -2.35. The van der Waals surface area contributed by atoms with Gasteiger partial charge in [-0.1, -0.05) is 6.58 Å². The molecule has 0 unspecified atom stereocenters. The van der Waals surface area contributed by atoms with Crippen LogP contribution in [0.15, 0.2) is 17.6 Å². The molecule has 0 spiro atoms. The number of carboxylic acids is 1. The zero-order valence-corrected chi connectivity index (χ0v) is 14.6. The van der Waals surface area contributed by atoms with Crippen molar-refractivity contribution in [2.75, 3.05) is 38.1 Å². The average Bonchev–Trinajstić information content (AvgIpc) is 2.60. The van der Waals surface area contributed by atoms with Crippen LogP contribution in [-0.4, -0.2) is 53.8 Å². The summed E-state index contributed by atoms with van der Waals surface area (Å²) in [6.07, 6.45) is 2.20. The van der Waals surface area contributed by atoms with Gasteiger partial charge in [-0.25, -0.2) is 13.6 Å². The molecule has 26 heavy (non-hydrogen) atoms. The molecule has 3 rings (SSSR count). The summed E-state index contributed by atoms with van der Waals surface area (Å²) < 4.78 is 31.4. The minimum Gasteiger partial charge on any atom is -0.477 e. The Bertz CT molecular complexity index is 976. The number of pyridine rings is 1. The molecule has 1 aromatic carbocycles. The van der Waals surface area contributed by atoms with E-state index in [0.29, 0.717) is 26.2 Å². The predicted octanol–water partition coefficient (Wildman–Crippen LogP) is 2.14. The Morgan fingerprint density at radius 1 is 1.23 bits per heavy atom. The van der Waals surface area contributed by atoms with Crippen molar-refractivity contribution in [3.8, 4) is 0 Å². The van der Waals surface area contributed by atoms with E-state index in [1.54, 1.807) is 4.90 Å². The molecule has 6 nitrogen and oxygen atoms in total. The first-order chi connectivity index (χ1) is 12.3. The van der Waals surface area contributed by atoms with Crippen LogP contribution < -0.4 is 10.3 Å². The van der Waals surface area contributed by atoms with Gasteiger partial charge < -0.3 is 19.5 Å². The number of hydrogen-bond acceptors (Lipinski definition) is 4. The molecule has 2 aromatic rings. The van der Waals surface area contributed by atoms with Crippen LogP contribution in [0.4, 0.5) is 14.5 Å². The van der Waals surface area contributed by atoms with E-state index >= 15 is 8.78 Å². The van der Waals surface area contributed by atoms with E-state index in [1.807, 2.05) is 7.05 Å². The molecule has 0 radical (unpaired) electrons. The molecule has 0 amide bonds. The molecular weight excluding hydrogens is 344 g/mol. The fourth-order valence-electron chi connectivity index (χ4n) is 3.30. The topological polar surface area (TPSA) is 65.8 Å². The van der Waals surface area contributed by atoms with Crippen molar-refractivity contribution in [2.45, 2.75) is 6.92 Å². The van der Waals surface area contributed by atoms with Gasteiger partial charge in [0.15, 0.2) is 11.6 Å². The molecule has 1 aliphatic rings. The summed E-state index contributed by atoms with van der Waals surface area (Å²) in [6.45, 7) is 7.10. The van der Waals surface area contributed by atoms with E-state index in [4.69, 9.17) is 0 Å². The van der Waals surface area contributed by atoms with Gasteiger partial charge >= 0.3 is 5.97 Å². The molecule has 0 bridgehead atoms. The summed E-state index contributed by atoms with van der Waals surface area (Å²) in [5, 5.41) is 8.93. The van der Waals surface area contributed by atoms with Crippen LogP contribution in [0.25, 0.3) is 17.1 Å². The Labute approximate surface area is 148 Å². The maximum Gasteiger partial charge on any atom is 0.341 e. The zero-order chi connectivity index (χ0) is 19.2. The highest BCUT2D eigenvalue weighted by Gasteiger charge is 2.28. The van der Waals surface area contributed by atoms with Gasteiger partial charge in [0.05, 0.1) is 10.9 Å². The third-order valence-corrected chi connectivity index (χ3v) is 4.81. The number of aryl methyl sites for hydroxylation is 1. The number of halogens is 2. The third-order valence-electron chi connectivity index (χ3n) is 4.81. The van der Waals surface area contributed by atoms with Gasteiger partial charge in [0.25, 0.3) is 0 Å². The van der Waals surface area contributed by atoms with Gasteiger partial charge in [0.1, 0.15) is 11.3 Å². The molecular formula is C18H19F2N3O3. The van der Waals surface area contributed by atoms with Crippen LogP contribution in [0.1, 0.15) is 15.9 Å². The summed E-state index contributed by atoms with van der Waals surface area (Å²) in [6, 6.07) is 0. The number of aromatic carboxylic acids is 1. The number of hydrogen-bond donors (Lipinski definition) is 1. The normalized spacial score (nSPS) is 15.5. The van der Waals surface area contributed by atoms with E-state index in [0.717, 1.165) is 10.8 Å². The second-order valence-electron chi connectivity index (χ2n) is 6.38. The highest BCUT2D eigenvalue weighted by molar-refractivity contribution is 5.96. The molecule has 2 heterocycles. The second kappa shape index (κ2) is 6.53. The van der Waals surface area contributed by atoms with E-state index in [9.17, 15) is 14.7 Å². The summed E-state index contributed by atoms with van der Waals surface area (Å²) in [4.78, 5) is 27.5. The van der Waals surface area contributed by atoms with Crippen LogP contribution in [0.3, 0.4) is 0 Å². The summed E-state index contributed by atoms with van der Waals surface area (Å²) >= 11 is 0. The van der Waals surface area contributed by atoms with Crippen LogP contribution in [0.5, 0.6) is 0 Å². The Morgan fingerprint density at radius 3 is 2.38 bits per heavy atom. The van der Waals surface area contributed by atoms with Crippen molar-refractivity contribution in [3.63, 3.8) is 0 Å². The van der Waals surface area contributed by atoms with Crippen molar-refractivity contribution in [1.82, 2.24) is 9.47 Å². The molecule has 1 aliphatic heterocycles. The molecule has 0 saturated carbocycles. The maximum absolute atomic E-state index is 15.3. The van der Waals surface area contributed by atoms with Crippen molar-refractivity contribution < 1.29 is 18.7 Å².